The number of hydrogen-bond donors (Lipinski definition) is 1. The second kappa shape index (κ2) is 9.76. The molecule has 8 heteroatoms. The summed E-state index contributed by atoms with van der Waals surface area (Å²) in [5, 5.41) is 2.54. The molecule has 1 aliphatic rings. The molecule has 1 saturated heterocycles. The van der Waals surface area contributed by atoms with Crippen LogP contribution < -0.4 is 5.32 Å². The minimum atomic E-state index is -0.610. The number of ether oxygens (including phenoxy) is 3. The van der Waals surface area contributed by atoms with Crippen molar-refractivity contribution < 1.29 is 28.6 Å². The fraction of sp³-hybridized carbons (Fsp3) is 0.500. The van der Waals surface area contributed by atoms with Crippen molar-refractivity contribution in [3.05, 3.63) is 29.8 Å². The zero-order chi connectivity index (χ0) is 18.9. The van der Waals surface area contributed by atoms with E-state index in [0.717, 1.165) is 0 Å². The molecule has 142 valence electrons. The number of esters is 1. The molecular weight excluding hydrogens is 340 g/mol. The molecule has 26 heavy (non-hydrogen) atoms. The number of rotatable bonds is 6. The Morgan fingerprint density at radius 3 is 2.58 bits per heavy atom. The lowest BCUT2D eigenvalue weighted by atomic mass is 10.0. The third-order valence-corrected chi connectivity index (χ3v) is 4.22. The Kier molecular flexibility index (Phi) is 7.40. The summed E-state index contributed by atoms with van der Waals surface area (Å²) in [6.07, 6.45) is 0.946. The van der Waals surface area contributed by atoms with Gasteiger partial charge in [0.1, 0.15) is 0 Å². The van der Waals surface area contributed by atoms with E-state index in [1.165, 1.54) is 14.2 Å². The van der Waals surface area contributed by atoms with Crippen LogP contribution in [0, 0.1) is 0 Å². The number of nitrogens with zero attached hydrogens (tertiary/aromatic N) is 1. The molecule has 1 N–H and O–H groups in total. The van der Waals surface area contributed by atoms with E-state index in [9.17, 15) is 14.4 Å². The van der Waals surface area contributed by atoms with Crippen molar-refractivity contribution >= 4 is 23.7 Å². The van der Waals surface area contributed by atoms with Gasteiger partial charge in [0.15, 0.2) is 0 Å². The van der Waals surface area contributed by atoms with Crippen LogP contribution >= 0.6 is 0 Å². The average Bonchev–Trinajstić information content (AvgIpc) is 2.68. The van der Waals surface area contributed by atoms with Crippen LogP contribution in [0.2, 0.25) is 0 Å². The highest BCUT2D eigenvalue weighted by molar-refractivity contribution is 5.96. The second-order valence-corrected chi connectivity index (χ2v) is 5.87. The van der Waals surface area contributed by atoms with E-state index in [0.29, 0.717) is 37.3 Å². The molecule has 1 aromatic rings. The summed E-state index contributed by atoms with van der Waals surface area (Å²) < 4.78 is 14.6. The quantitative estimate of drug-likeness (QED) is 0.777. The number of carbonyl (C=O) groups is 3. The van der Waals surface area contributed by atoms with Crippen LogP contribution in [0.25, 0.3) is 0 Å². The number of benzene rings is 1. The maximum atomic E-state index is 13.0. The lowest BCUT2D eigenvalue weighted by Crippen LogP contribution is -2.44. The summed E-state index contributed by atoms with van der Waals surface area (Å²) in [7, 11) is 2.59. The zero-order valence-corrected chi connectivity index (χ0v) is 15.0. The van der Waals surface area contributed by atoms with Gasteiger partial charge in [-0.15, -0.1) is 0 Å². The van der Waals surface area contributed by atoms with Crippen LogP contribution in [0.4, 0.5) is 10.5 Å². The maximum Gasteiger partial charge on any atom is 0.411 e. The topological polar surface area (TPSA) is 94.2 Å². The van der Waals surface area contributed by atoms with E-state index in [4.69, 9.17) is 4.74 Å². The second-order valence-electron chi connectivity index (χ2n) is 5.87. The van der Waals surface area contributed by atoms with E-state index >= 15 is 0 Å². The van der Waals surface area contributed by atoms with Gasteiger partial charge in [-0.1, -0.05) is 6.07 Å². The molecule has 0 spiro atoms. The van der Waals surface area contributed by atoms with Crippen molar-refractivity contribution in [3.63, 3.8) is 0 Å². The Balaban J connectivity index is 2.17. The minimum absolute atomic E-state index is 0.00173. The van der Waals surface area contributed by atoms with Gasteiger partial charge in [0.2, 0.25) is 0 Å². The molecule has 2 amide bonds. The zero-order valence-electron chi connectivity index (χ0n) is 15.0. The number of methoxy groups -OCH3 is 2. The highest BCUT2D eigenvalue weighted by Gasteiger charge is 2.27. The van der Waals surface area contributed by atoms with Crippen molar-refractivity contribution in [1.82, 2.24) is 4.90 Å². The molecule has 0 bridgehead atoms. The highest BCUT2D eigenvalue weighted by atomic mass is 16.5. The van der Waals surface area contributed by atoms with Crippen LogP contribution in [0.1, 0.15) is 29.6 Å². The molecule has 1 fully saturated rings. The molecule has 1 aromatic carbocycles. The number of amides is 2. The molecule has 0 aliphatic carbocycles. The van der Waals surface area contributed by atoms with Crippen molar-refractivity contribution in [2.75, 3.05) is 39.3 Å². The van der Waals surface area contributed by atoms with Crippen LogP contribution in [-0.2, 0) is 19.0 Å². The molecule has 0 atom stereocenters. The van der Waals surface area contributed by atoms with Crippen molar-refractivity contribution in [1.29, 1.82) is 0 Å². The Morgan fingerprint density at radius 2 is 1.92 bits per heavy atom. The van der Waals surface area contributed by atoms with Gasteiger partial charge in [0, 0.05) is 37.1 Å². The molecule has 0 unspecified atom stereocenters. The molecule has 1 aliphatic heterocycles. The van der Waals surface area contributed by atoms with Crippen molar-refractivity contribution in [2.45, 2.75) is 25.3 Å². The van der Waals surface area contributed by atoms with E-state index < -0.39 is 6.09 Å². The standard InChI is InChI=1S/C18H24N2O6/c1-24-16(21)6-9-20(15-7-10-26-11-8-15)17(22)13-4-3-5-14(12-13)19-18(23)25-2/h3-5,12,15H,6-11H2,1-2H3,(H,19,23). The predicted octanol–water partition coefficient (Wildman–Crippen LogP) is 2.05. The lowest BCUT2D eigenvalue weighted by Gasteiger charge is -2.34. The first-order valence-corrected chi connectivity index (χ1v) is 8.45. The van der Waals surface area contributed by atoms with Gasteiger partial charge in [-0.2, -0.15) is 0 Å². The van der Waals surface area contributed by atoms with E-state index in [1.807, 2.05) is 0 Å². The van der Waals surface area contributed by atoms with Gasteiger partial charge in [0.25, 0.3) is 5.91 Å². The smallest absolute Gasteiger partial charge is 0.411 e. The first kappa shape index (κ1) is 19.7. The Labute approximate surface area is 152 Å². The summed E-state index contributed by atoms with van der Waals surface area (Å²) in [5.41, 5.74) is 0.887. The lowest BCUT2D eigenvalue weighted by molar-refractivity contribution is -0.140. The van der Waals surface area contributed by atoms with E-state index in [2.05, 4.69) is 14.8 Å². The van der Waals surface area contributed by atoms with Crippen LogP contribution in [-0.4, -0.2) is 62.9 Å². The monoisotopic (exact) mass is 364 g/mol. The molecular formula is C18H24N2O6. The first-order chi connectivity index (χ1) is 12.5. The van der Waals surface area contributed by atoms with Gasteiger partial charge in [-0.3, -0.25) is 14.9 Å². The molecule has 0 saturated carbocycles. The van der Waals surface area contributed by atoms with Crippen LogP contribution in [0.15, 0.2) is 24.3 Å². The van der Waals surface area contributed by atoms with Gasteiger partial charge < -0.3 is 19.1 Å². The number of hydrogen-bond acceptors (Lipinski definition) is 6. The fourth-order valence-electron chi connectivity index (χ4n) is 2.83. The SMILES string of the molecule is COC(=O)CCN(C(=O)c1cccc(NC(=O)OC)c1)C1CCOCC1. The summed E-state index contributed by atoms with van der Waals surface area (Å²) in [6, 6.07) is 6.61. The predicted molar refractivity (Wildman–Crippen MR) is 94.0 cm³/mol. The van der Waals surface area contributed by atoms with Crippen LogP contribution in [0.5, 0.6) is 0 Å². The first-order valence-electron chi connectivity index (χ1n) is 8.45. The van der Waals surface area contributed by atoms with Crippen molar-refractivity contribution in [3.8, 4) is 0 Å². The highest BCUT2D eigenvalue weighted by Crippen LogP contribution is 2.20. The Hall–Kier alpha value is -2.61. The normalized spacial score (nSPS) is 14.4. The van der Waals surface area contributed by atoms with Crippen LogP contribution in [0.3, 0.4) is 0 Å². The number of carbonyl (C=O) groups excluding carboxylic acids is 3. The van der Waals surface area contributed by atoms with Crippen molar-refractivity contribution in [2.24, 2.45) is 0 Å². The molecule has 0 radical (unpaired) electrons. The van der Waals surface area contributed by atoms with Gasteiger partial charge in [0.05, 0.1) is 20.6 Å². The van der Waals surface area contributed by atoms with Gasteiger partial charge in [-0.25, -0.2) is 4.79 Å². The summed E-state index contributed by atoms with van der Waals surface area (Å²) in [5.74, 6) is -0.565. The van der Waals surface area contributed by atoms with E-state index in [-0.39, 0.29) is 30.9 Å². The van der Waals surface area contributed by atoms with Gasteiger partial charge in [-0.05, 0) is 31.0 Å². The van der Waals surface area contributed by atoms with Gasteiger partial charge >= 0.3 is 12.1 Å². The minimum Gasteiger partial charge on any atom is -0.469 e. The average molecular weight is 364 g/mol. The summed E-state index contributed by atoms with van der Waals surface area (Å²) >= 11 is 0. The fourth-order valence-corrected chi connectivity index (χ4v) is 2.83. The number of anilines is 1. The molecule has 8 nitrogen and oxygen atoms in total. The third kappa shape index (κ3) is 5.45. The maximum absolute atomic E-state index is 13.0. The molecule has 0 aromatic heterocycles. The number of nitrogens with one attached hydrogen (secondary N) is 1. The largest absolute Gasteiger partial charge is 0.469 e. The summed E-state index contributed by atoms with van der Waals surface area (Å²) in [6.45, 7) is 1.43. The third-order valence-electron chi connectivity index (χ3n) is 4.22. The molecule has 1 heterocycles. The Bertz CT molecular complexity index is 642. The molecule has 2 rings (SSSR count). The Morgan fingerprint density at radius 1 is 1.19 bits per heavy atom. The summed E-state index contributed by atoms with van der Waals surface area (Å²) in [4.78, 5) is 37.6. The van der Waals surface area contributed by atoms with E-state index in [1.54, 1.807) is 29.2 Å².